The van der Waals surface area contributed by atoms with Crippen molar-refractivity contribution in [1.82, 2.24) is 10.2 Å². The summed E-state index contributed by atoms with van der Waals surface area (Å²) in [5.41, 5.74) is 1.18. The summed E-state index contributed by atoms with van der Waals surface area (Å²) >= 11 is 6.06. The summed E-state index contributed by atoms with van der Waals surface area (Å²) in [6, 6.07) is 8.02. The van der Waals surface area contributed by atoms with Crippen molar-refractivity contribution in [2.45, 2.75) is 0 Å². The summed E-state index contributed by atoms with van der Waals surface area (Å²) in [6.07, 6.45) is 0. The van der Waals surface area contributed by atoms with Crippen LogP contribution in [0.4, 0.5) is 5.69 Å². The lowest BCUT2D eigenvalue weighted by Gasteiger charge is -2.37. The van der Waals surface area contributed by atoms with Gasteiger partial charge in [-0.1, -0.05) is 17.7 Å². The van der Waals surface area contributed by atoms with Crippen LogP contribution in [0.25, 0.3) is 0 Å². The Kier molecular flexibility index (Phi) is 8.89. The van der Waals surface area contributed by atoms with Gasteiger partial charge in [0.2, 0.25) is 0 Å². The number of nitrogens with one attached hydrogen (secondary N) is 1. The number of nitrogens with zero attached hydrogens (tertiary/aromatic N) is 3. The van der Waals surface area contributed by atoms with Crippen molar-refractivity contribution in [2.24, 2.45) is 4.99 Å². The van der Waals surface area contributed by atoms with Crippen LogP contribution in [-0.4, -0.2) is 64.3 Å². The summed E-state index contributed by atoms with van der Waals surface area (Å²) < 4.78 is 5.05. The molecule has 7 heteroatoms. The zero-order valence-electron chi connectivity index (χ0n) is 13.1. The lowest BCUT2D eigenvalue weighted by atomic mass is 10.2. The van der Waals surface area contributed by atoms with Crippen LogP contribution in [0.1, 0.15) is 0 Å². The standard InChI is InChI=1S/C15H23ClN4O.HI/c1-17-15(18-6-11-21-2)20-9-7-19(8-10-20)14-5-3-4-13(16)12-14;/h3-5,12H,6-11H2,1-2H3,(H,17,18);1H. The minimum Gasteiger partial charge on any atom is -0.383 e. The summed E-state index contributed by atoms with van der Waals surface area (Å²) in [5.74, 6) is 0.942. The van der Waals surface area contributed by atoms with Crippen molar-refractivity contribution < 1.29 is 4.74 Å². The van der Waals surface area contributed by atoms with Gasteiger partial charge in [0.05, 0.1) is 6.61 Å². The van der Waals surface area contributed by atoms with Gasteiger partial charge in [0.15, 0.2) is 5.96 Å². The third-order valence-corrected chi connectivity index (χ3v) is 3.79. The van der Waals surface area contributed by atoms with Gasteiger partial charge >= 0.3 is 0 Å². The number of guanidine groups is 1. The molecule has 5 nitrogen and oxygen atoms in total. The number of hydrogen-bond acceptors (Lipinski definition) is 3. The van der Waals surface area contributed by atoms with Gasteiger partial charge in [0.25, 0.3) is 0 Å². The third kappa shape index (κ3) is 5.48. The van der Waals surface area contributed by atoms with Crippen LogP contribution in [0.5, 0.6) is 0 Å². The maximum Gasteiger partial charge on any atom is 0.193 e. The van der Waals surface area contributed by atoms with Crippen molar-refractivity contribution in [3.05, 3.63) is 29.3 Å². The Morgan fingerprint density at radius 3 is 2.64 bits per heavy atom. The van der Waals surface area contributed by atoms with Gasteiger partial charge in [-0.3, -0.25) is 4.99 Å². The van der Waals surface area contributed by atoms with Crippen molar-refractivity contribution in [3.63, 3.8) is 0 Å². The SMILES string of the molecule is CN=C(NCCOC)N1CCN(c2cccc(Cl)c2)CC1.I. The van der Waals surface area contributed by atoms with E-state index in [1.165, 1.54) is 5.69 Å². The lowest BCUT2D eigenvalue weighted by molar-refractivity contribution is 0.202. The number of methoxy groups -OCH3 is 1. The first-order valence-corrected chi connectivity index (χ1v) is 7.57. The molecule has 1 N–H and O–H groups in total. The maximum absolute atomic E-state index is 6.06. The Bertz CT molecular complexity index is 478. The summed E-state index contributed by atoms with van der Waals surface area (Å²) in [6.45, 7) is 5.27. The fourth-order valence-corrected chi connectivity index (χ4v) is 2.63. The molecular weight excluding hydrogens is 415 g/mol. The molecule has 1 fully saturated rings. The molecule has 1 aromatic rings. The average molecular weight is 439 g/mol. The van der Waals surface area contributed by atoms with E-state index in [1.54, 1.807) is 7.11 Å². The molecule has 2 rings (SSSR count). The van der Waals surface area contributed by atoms with Gasteiger partial charge in [0, 0.05) is 57.6 Å². The third-order valence-electron chi connectivity index (χ3n) is 3.55. The van der Waals surface area contributed by atoms with Crippen LogP contribution in [-0.2, 0) is 4.74 Å². The molecule has 1 heterocycles. The van der Waals surface area contributed by atoms with E-state index in [0.717, 1.165) is 43.7 Å². The number of anilines is 1. The molecule has 0 atom stereocenters. The highest BCUT2D eigenvalue weighted by Gasteiger charge is 2.19. The number of halogens is 2. The maximum atomic E-state index is 6.06. The second-order valence-electron chi connectivity index (χ2n) is 4.92. The van der Waals surface area contributed by atoms with Crippen molar-refractivity contribution in [1.29, 1.82) is 0 Å². The molecule has 1 saturated heterocycles. The van der Waals surface area contributed by atoms with Gasteiger partial charge in [-0.15, -0.1) is 24.0 Å². The van der Waals surface area contributed by atoms with Crippen LogP contribution >= 0.6 is 35.6 Å². The minimum atomic E-state index is 0. The molecule has 0 amide bonds. The van der Waals surface area contributed by atoms with E-state index < -0.39 is 0 Å². The topological polar surface area (TPSA) is 40.1 Å². The molecule has 0 aromatic heterocycles. The predicted octanol–water partition coefficient (Wildman–Crippen LogP) is 2.30. The van der Waals surface area contributed by atoms with E-state index in [2.05, 4.69) is 26.2 Å². The van der Waals surface area contributed by atoms with Crippen LogP contribution < -0.4 is 10.2 Å². The van der Waals surface area contributed by atoms with Crippen molar-refractivity contribution in [3.8, 4) is 0 Å². The first-order chi connectivity index (χ1) is 10.2. The molecule has 1 aliphatic rings. The van der Waals surface area contributed by atoms with E-state index in [1.807, 2.05) is 25.2 Å². The second-order valence-corrected chi connectivity index (χ2v) is 5.36. The largest absolute Gasteiger partial charge is 0.383 e. The van der Waals surface area contributed by atoms with E-state index in [9.17, 15) is 0 Å². The molecule has 0 bridgehead atoms. The van der Waals surface area contributed by atoms with Crippen LogP contribution in [0, 0.1) is 0 Å². The number of hydrogen-bond donors (Lipinski definition) is 1. The number of rotatable bonds is 4. The Morgan fingerprint density at radius 2 is 2.05 bits per heavy atom. The predicted molar refractivity (Wildman–Crippen MR) is 104 cm³/mol. The fraction of sp³-hybridized carbons (Fsp3) is 0.533. The number of benzene rings is 1. The number of ether oxygens (including phenoxy) is 1. The quantitative estimate of drug-likeness (QED) is 0.339. The van der Waals surface area contributed by atoms with E-state index in [4.69, 9.17) is 16.3 Å². The highest BCUT2D eigenvalue weighted by molar-refractivity contribution is 14.0. The summed E-state index contributed by atoms with van der Waals surface area (Å²) in [4.78, 5) is 8.96. The summed E-state index contributed by atoms with van der Waals surface area (Å²) in [5, 5.41) is 4.10. The molecule has 0 unspecified atom stereocenters. The average Bonchev–Trinajstić information content (AvgIpc) is 2.52. The van der Waals surface area contributed by atoms with Gasteiger partial charge in [-0.05, 0) is 18.2 Å². The van der Waals surface area contributed by atoms with E-state index in [-0.39, 0.29) is 24.0 Å². The number of aliphatic imine (C=N–C) groups is 1. The Hall–Kier alpha value is -0.730. The molecule has 0 aliphatic carbocycles. The van der Waals surface area contributed by atoms with Gasteiger partial charge in [-0.2, -0.15) is 0 Å². The fourth-order valence-electron chi connectivity index (χ4n) is 2.45. The molecule has 22 heavy (non-hydrogen) atoms. The molecule has 0 spiro atoms. The Morgan fingerprint density at radius 1 is 1.32 bits per heavy atom. The molecule has 1 aliphatic heterocycles. The van der Waals surface area contributed by atoms with Crippen molar-refractivity contribution >= 4 is 47.2 Å². The molecule has 0 radical (unpaired) electrons. The van der Waals surface area contributed by atoms with Crippen LogP contribution in [0.3, 0.4) is 0 Å². The highest BCUT2D eigenvalue weighted by Crippen LogP contribution is 2.20. The zero-order chi connectivity index (χ0) is 15.1. The molecule has 1 aromatic carbocycles. The first kappa shape index (κ1) is 19.3. The number of piperazine rings is 1. The van der Waals surface area contributed by atoms with Crippen molar-refractivity contribution in [2.75, 3.05) is 58.4 Å². The minimum absolute atomic E-state index is 0. The second kappa shape index (κ2) is 10.1. The Balaban J connectivity index is 0.00000242. The molecule has 0 saturated carbocycles. The summed E-state index contributed by atoms with van der Waals surface area (Å²) in [7, 11) is 3.52. The first-order valence-electron chi connectivity index (χ1n) is 7.19. The smallest absolute Gasteiger partial charge is 0.193 e. The zero-order valence-corrected chi connectivity index (χ0v) is 16.2. The Labute approximate surface area is 154 Å². The van der Waals surface area contributed by atoms with E-state index in [0.29, 0.717) is 6.61 Å². The van der Waals surface area contributed by atoms with Gasteiger partial charge < -0.3 is 19.9 Å². The van der Waals surface area contributed by atoms with E-state index >= 15 is 0 Å². The van der Waals surface area contributed by atoms with Crippen LogP contribution in [0.15, 0.2) is 29.3 Å². The molecule has 124 valence electrons. The normalized spacial score (nSPS) is 15.5. The van der Waals surface area contributed by atoms with Gasteiger partial charge in [0.1, 0.15) is 0 Å². The lowest BCUT2D eigenvalue weighted by Crippen LogP contribution is -2.53. The monoisotopic (exact) mass is 438 g/mol. The molecular formula is C15H24ClIN4O. The highest BCUT2D eigenvalue weighted by atomic mass is 127. The van der Waals surface area contributed by atoms with Gasteiger partial charge in [-0.25, -0.2) is 0 Å². The van der Waals surface area contributed by atoms with Crippen LogP contribution in [0.2, 0.25) is 5.02 Å².